The summed E-state index contributed by atoms with van der Waals surface area (Å²) in [5, 5.41) is 5.68. The van der Waals surface area contributed by atoms with Crippen LogP contribution in [0.2, 0.25) is 0 Å². The maximum absolute atomic E-state index is 3.52. The van der Waals surface area contributed by atoms with E-state index in [9.17, 15) is 0 Å². The Morgan fingerprint density at radius 3 is 2.67 bits per heavy atom. The van der Waals surface area contributed by atoms with Crippen molar-refractivity contribution in [3.63, 3.8) is 0 Å². The Bertz CT molecular complexity index is 295. The molecule has 2 nitrogen and oxygen atoms in total. The van der Waals surface area contributed by atoms with E-state index in [1.165, 1.54) is 17.7 Å². The molecule has 0 saturated carbocycles. The standard InChI is InChI=1S/C15H28N2S/c1-13(2)7-8-16-9-10-17(4)14(3)12-15-6-5-11-18-15/h5-6,11,13-14,16H,7-10,12H2,1-4H3. The minimum absolute atomic E-state index is 0.621. The van der Waals surface area contributed by atoms with Crippen LogP contribution in [0.15, 0.2) is 17.5 Å². The number of likely N-dealkylation sites (N-methyl/N-ethyl adjacent to an activating group) is 1. The Balaban J connectivity index is 2.10. The van der Waals surface area contributed by atoms with Gasteiger partial charge in [-0.1, -0.05) is 19.9 Å². The molecule has 1 rings (SSSR count). The second-order valence-corrected chi connectivity index (χ2v) is 6.58. The average Bonchev–Trinajstić information content (AvgIpc) is 2.80. The number of thiophene rings is 1. The lowest BCUT2D eigenvalue weighted by Crippen LogP contribution is -2.36. The van der Waals surface area contributed by atoms with Gasteiger partial charge in [0, 0.05) is 24.0 Å². The molecule has 18 heavy (non-hydrogen) atoms. The average molecular weight is 268 g/mol. The van der Waals surface area contributed by atoms with Crippen molar-refractivity contribution in [2.75, 3.05) is 26.7 Å². The van der Waals surface area contributed by atoms with Crippen LogP contribution >= 0.6 is 11.3 Å². The summed E-state index contributed by atoms with van der Waals surface area (Å²) in [7, 11) is 2.22. The highest BCUT2D eigenvalue weighted by atomic mass is 32.1. The van der Waals surface area contributed by atoms with Crippen LogP contribution in [0.4, 0.5) is 0 Å². The van der Waals surface area contributed by atoms with Crippen LogP contribution in [0.3, 0.4) is 0 Å². The van der Waals surface area contributed by atoms with Crippen LogP contribution in [0.1, 0.15) is 32.1 Å². The summed E-state index contributed by atoms with van der Waals surface area (Å²) in [6, 6.07) is 4.99. The minimum atomic E-state index is 0.621. The molecule has 1 heterocycles. The Hall–Kier alpha value is -0.380. The zero-order valence-corrected chi connectivity index (χ0v) is 13.1. The van der Waals surface area contributed by atoms with Gasteiger partial charge in [0.1, 0.15) is 0 Å². The van der Waals surface area contributed by atoms with Crippen LogP contribution in [-0.4, -0.2) is 37.6 Å². The van der Waals surface area contributed by atoms with Gasteiger partial charge in [-0.25, -0.2) is 0 Å². The second-order valence-electron chi connectivity index (χ2n) is 5.55. The molecule has 0 fully saturated rings. The number of rotatable bonds is 9. The summed E-state index contributed by atoms with van der Waals surface area (Å²) >= 11 is 1.86. The number of hydrogen-bond acceptors (Lipinski definition) is 3. The molecule has 1 aromatic rings. The van der Waals surface area contributed by atoms with Crippen LogP contribution < -0.4 is 5.32 Å². The molecule has 0 aliphatic heterocycles. The van der Waals surface area contributed by atoms with Crippen LogP contribution in [-0.2, 0) is 6.42 Å². The Morgan fingerprint density at radius 1 is 1.28 bits per heavy atom. The first-order chi connectivity index (χ1) is 8.59. The van der Waals surface area contributed by atoms with Gasteiger partial charge in [0.2, 0.25) is 0 Å². The quantitative estimate of drug-likeness (QED) is 0.692. The van der Waals surface area contributed by atoms with E-state index in [0.29, 0.717) is 6.04 Å². The third-order valence-electron chi connectivity index (χ3n) is 3.37. The van der Waals surface area contributed by atoms with Crippen molar-refractivity contribution in [1.29, 1.82) is 0 Å². The molecule has 1 unspecified atom stereocenters. The zero-order valence-electron chi connectivity index (χ0n) is 12.3. The fourth-order valence-corrected chi connectivity index (χ4v) is 2.69. The summed E-state index contributed by atoms with van der Waals surface area (Å²) < 4.78 is 0. The molecule has 0 aliphatic carbocycles. The molecule has 1 atom stereocenters. The molecular formula is C15H28N2S. The predicted molar refractivity (Wildman–Crippen MR) is 82.4 cm³/mol. The van der Waals surface area contributed by atoms with Gasteiger partial charge in [0.15, 0.2) is 0 Å². The number of hydrogen-bond donors (Lipinski definition) is 1. The van der Waals surface area contributed by atoms with E-state index in [1.54, 1.807) is 0 Å². The Kier molecular flexibility index (Phi) is 7.56. The molecular weight excluding hydrogens is 240 g/mol. The van der Waals surface area contributed by atoms with E-state index in [2.05, 4.69) is 55.5 Å². The first-order valence-electron chi connectivity index (χ1n) is 7.03. The molecule has 0 radical (unpaired) electrons. The predicted octanol–water partition coefficient (Wildman–Crippen LogP) is 3.25. The second kappa shape index (κ2) is 8.68. The Morgan fingerprint density at radius 2 is 2.06 bits per heavy atom. The van der Waals surface area contributed by atoms with Gasteiger partial charge >= 0.3 is 0 Å². The topological polar surface area (TPSA) is 15.3 Å². The van der Waals surface area contributed by atoms with Gasteiger partial charge in [0.25, 0.3) is 0 Å². The highest BCUT2D eigenvalue weighted by molar-refractivity contribution is 7.09. The van der Waals surface area contributed by atoms with Crippen LogP contribution in [0, 0.1) is 5.92 Å². The van der Waals surface area contributed by atoms with Crippen molar-refractivity contribution in [3.8, 4) is 0 Å². The molecule has 0 aliphatic rings. The molecule has 0 bridgehead atoms. The normalized spacial score (nSPS) is 13.4. The van der Waals surface area contributed by atoms with Gasteiger partial charge < -0.3 is 10.2 Å². The first-order valence-corrected chi connectivity index (χ1v) is 7.91. The molecule has 3 heteroatoms. The van der Waals surface area contributed by atoms with Crippen molar-refractivity contribution >= 4 is 11.3 Å². The number of nitrogens with one attached hydrogen (secondary N) is 1. The van der Waals surface area contributed by atoms with Crippen LogP contribution in [0.25, 0.3) is 0 Å². The SMILES string of the molecule is CC(C)CCNCCN(C)C(C)Cc1cccs1. The van der Waals surface area contributed by atoms with Gasteiger partial charge in [-0.2, -0.15) is 0 Å². The van der Waals surface area contributed by atoms with E-state index in [-0.39, 0.29) is 0 Å². The maximum atomic E-state index is 3.52. The third-order valence-corrected chi connectivity index (χ3v) is 4.27. The van der Waals surface area contributed by atoms with Gasteiger partial charge in [0.05, 0.1) is 0 Å². The summed E-state index contributed by atoms with van der Waals surface area (Å²) in [5.41, 5.74) is 0. The summed E-state index contributed by atoms with van der Waals surface area (Å²) in [5.74, 6) is 0.799. The smallest absolute Gasteiger partial charge is 0.0113 e. The summed E-state index contributed by atoms with van der Waals surface area (Å²) in [4.78, 5) is 3.93. The maximum Gasteiger partial charge on any atom is 0.0113 e. The van der Waals surface area contributed by atoms with Gasteiger partial charge in [-0.15, -0.1) is 11.3 Å². The van der Waals surface area contributed by atoms with Crippen molar-refractivity contribution in [2.24, 2.45) is 5.92 Å². The van der Waals surface area contributed by atoms with Gasteiger partial charge in [-0.3, -0.25) is 0 Å². The summed E-state index contributed by atoms with van der Waals surface area (Å²) in [6.07, 6.45) is 2.44. The van der Waals surface area contributed by atoms with E-state index in [1.807, 2.05) is 11.3 Å². The highest BCUT2D eigenvalue weighted by Gasteiger charge is 2.09. The van der Waals surface area contributed by atoms with E-state index >= 15 is 0 Å². The van der Waals surface area contributed by atoms with E-state index in [4.69, 9.17) is 0 Å². The highest BCUT2D eigenvalue weighted by Crippen LogP contribution is 2.13. The first kappa shape index (κ1) is 15.7. The molecule has 0 aromatic carbocycles. The lowest BCUT2D eigenvalue weighted by Gasteiger charge is -2.24. The summed E-state index contributed by atoms with van der Waals surface area (Å²) in [6.45, 7) is 10.2. The molecule has 104 valence electrons. The van der Waals surface area contributed by atoms with Crippen LogP contribution in [0.5, 0.6) is 0 Å². The fourth-order valence-electron chi connectivity index (χ4n) is 1.87. The van der Waals surface area contributed by atoms with E-state index in [0.717, 1.165) is 25.6 Å². The molecule has 1 aromatic heterocycles. The lowest BCUT2D eigenvalue weighted by molar-refractivity contribution is 0.256. The Labute approximate surface area is 116 Å². The minimum Gasteiger partial charge on any atom is -0.315 e. The fraction of sp³-hybridized carbons (Fsp3) is 0.733. The van der Waals surface area contributed by atoms with Crippen molar-refractivity contribution < 1.29 is 0 Å². The third kappa shape index (κ3) is 6.53. The van der Waals surface area contributed by atoms with Crippen molar-refractivity contribution in [1.82, 2.24) is 10.2 Å². The van der Waals surface area contributed by atoms with Crippen molar-refractivity contribution in [3.05, 3.63) is 22.4 Å². The number of nitrogens with zero attached hydrogens (tertiary/aromatic N) is 1. The molecule has 0 spiro atoms. The van der Waals surface area contributed by atoms with Gasteiger partial charge in [-0.05, 0) is 50.7 Å². The largest absolute Gasteiger partial charge is 0.315 e. The van der Waals surface area contributed by atoms with Crippen molar-refractivity contribution in [2.45, 2.75) is 39.7 Å². The molecule has 0 saturated heterocycles. The molecule has 0 amide bonds. The molecule has 1 N–H and O–H groups in total. The van der Waals surface area contributed by atoms with E-state index < -0.39 is 0 Å². The zero-order chi connectivity index (χ0) is 13.4. The lowest BCUT2D eigenvalue weighted by atomic mass is 10.1. The monoisotopic (exact) mass is 268 g/mol.